The summed E-state index contributed by atoms with van der Waals surface area (Å²) in [7, 11) is -5.84. The van der Waals surface area contributed by atoms with E-state index in [2.05, 4.69) is 138 Å². The van der Waals surface area contributed by atoms with Gasteiger partial charge in [-0.05, 0) is 105 Å². The van der Waals surface area contributed by atoms with Crippen LogP contribution in [0.1, 0.15) is 136 Å². The number of allylic oxidation sites excluding steroid dienone is 2. The summed E-state index contributed by atoms with van der Waals surface area (Å²) in [4.78, 5) is 29.6. The van der Waals surface area contributed by atoms with E-state index in [1.54, 1.807) is 0 Å². The summed E-state index contributed by atoms with van der Waals surface area (Å²) in [5.74, 6) is -0.127. The first-order valence-electron chi connectivity index (χ1n) is 27.1. The fraction of sp³-hybridized carbons (Fsp3) is 0.849. The number of cyclic esters (lactones) is 1. The van der Waals surface area contributed by atoms with Crippen LogP contribution in [0.15, 0.2) is 36.0 Å². The molecule has 11 nitrogen and oxygen atoms in total. The van der Waals surface area contributed by atoms with Gasteiger partial charge in [-0.1, -0.05) is 114 Å². The second kappa shape index (κ2) is 29.0. The van der Waals surface area contributed by atoms with E-state index in [0.717, 1.165) is 112 Å². The number of hydrogen-bond acceptors (Lipinski definition) is 10. The Hall–Kier alpha value is -1.63. The number of nitrogens with zero attached hydrogens (tertiary/aromatic N) is 1. The molecular formula is C53H100N2O9Si3. The first-order valence-corrected chi connectivity index (χ1v) is 34.7. The van der Waals surface area contributed by atoms with E-state index in [1.165, 1.54) is 0 Å². The second-order valence-corrected chi connectivity index (χ2v) is 34.7. The smallest absolute Gasteiger partial charge is 0.407 e. The molecule has 0 aromatic heterocycles. The summed E-state index contributed by atoms with van der Waals surface area (Å²) in [6.07, 6.45) is 12.6. The molecule has 3 aliphatic heterocycles. The lowest BCUT2D eigenvalue weighted by Gasteiger charge is -2.39. The van der Waals surface area contributed by atoms with Crippen LogP contribution in [0.25, 0.3) is 0 Å². The molecule has 3 rings (SSSR count). The highest BCUT2D eigenvalue weighted by Crippen LogP contribution is 2.42. The number of epoxide rings is 1. The van der Waals surface area contributed by atoms with Crippen molar-refractivity contribution >= 4 is 37.0 Å². The maximum absolute atomic E-state index is 14.0. The molecule has 67 heavy (non-hydrogen) atoms. The molecule has 0 saturated carbocycles. The predicted molar refractivity (Wildman–Crippen MR) is 283 cm³/mol. The summed E-state index contributed by atoms with van der Waals surface area (Å²) >= 11 is 0. The van der Waals surface area contributed by atoms with Crippen LogP contribution in [0.5, 0.6) is 0 Å². The third kappa shape index (κ3) is 18.2. The van der Waals surface area contributed by atoms with Gasteiger partial charge in [0.25, 0.3) is 0 Å². The van der Waals surface area contributed by atoms with Crippen molar-refractivity contribution < 1.29 is 41.8 Å². The van der Waals surface area contributed by atoms with Gasteiger partial charge in [-0.3, -0.25) is 9.69 Å². The molecule has 10 atom stereocenters. The van der Waals surface area contributed by atoms with E-state index in [-0.39, 0.29) is 48.6 Å². The number of carbonyl (C=O) groups is 2. The second-order valence-electron chi connectivity index (χ2n) is 20.6. The summed E-state index contributed by atoms with van der Waals surface area (Å²) in [6, 6.07) is 9.58. The van der Waals surface area contributed by atoms with Crippen molar-refractivity contribution in [1.29, 1.82) is 0 Å². The molecule has 3 heterocycles. The Kier molecular flexibility index (Phi) is 25.9. The highest BCUT2D eigenvalue weighted by molar-refractivity contribution is 6.74. The number of ether oxygens (including phenoxy) is 4. The van der Waals surface area contributed by atoms with Crippen molar-refractivity contribution in [2.45, 2.75) is 233 Å². The molecular weight excluding hydrogens is 893 g/mol. The maximum Gasteiger partial charge on any atom is 0.407 e. The minimum absolute atomic E-state index is 0.00881. The average Bonchev–Trinajstić information content (AvgIpc) is 4.10. The van der Waals surface area contributed by atoms with Gasteiger partial charge in [0.2, 0.25) is 0 Å². The third-order valence-corrected chi connectivity index (χ3v) is 30.5. The van der Waals surface area contributed by atoms with E-state index < -0.39 is 48.9 Å². The van der Waals surface area contributed by atoms with Gasteiger partial charge >= 0.3 is 12.1 Å². The number of nitrogens with one attached hydrogen (secondary N) is 1. The summed E-state index contributed by atoms with van der Waals surface area (Å²) < 4.78 is 46.1. The topological polar surface area (TPSA) is 117 Å². The van der Waals surface area contributed by atoms with Crippen LogP contribution in [0.2, 0.25) is 54.4 Å². The summed E-state index contributed by atoms with van der Waals surface area (Å²) in [5, 5.41) is 2.99. The lowest BCUT2D eigenvalue weighted by atomic mass is 9.91. The lowest BCUT2D eigenvalue weighted by Crippen LogP contribution is -2.46. The Balaban J connectivity index is 1.93. The summed E-state index contributed by atoms with van der Waals surface area (Å²) in [5.41, 5.74) is 0.389. The van der Waals surface area contributed by atoms with Gasteiger partial charge in [0.15, 0.2) is 25.0 Å². The Morgan fingerprint density at radius 3 is 2.04 bits per heavy atom. The van der Waals surface area contributed by atoms with Gasteiger partial charge in [-0.2, -0.15) is 0 Å². The standard InChI is InChI=1S/C53H100N2O9Si3/c1-16-46(63-66(20-5,21-6)22-7)44(14)51-48(59-51)40-53(15,64-67(23-8,24-9)25-10)32-26-27-42(12)50-43(13)29-31-47(60-52(57)54-33-34-55-35-37-58-38-36-55)41(11)28-30-45(39-49(56)61-50)62-65(17-2,18-3)19-4/h26-27,29,31-32,41,43-48,50-51H,16-25,28,30,33-40H2,1-15H3,(H,54,57). The van der Waals surface area contributed by atoms with Crippen LogP contribution in [-0.4, -0.2) is 124 Å². The SMILES string of the molecule is CCC(O[Si](CC)(CC)CC)C(C)C1OC1CC(C)(C=CC=C(C)C1OC(=O)CC(O[Si](CC)(CC)CC)CCC(C)C(OC(=O)NCCN2CCOCC2)C=CC1C)O[Si](CC)(CC)CC. The number of hydrogen-bond donors (Lipinski definition) is 1. The minimum Gasteiger partial charge on any atom is -0.457 e. The van der Waals surface area contributed by atoms with Crippen LogP contribution >= 0.6 is 0 Å². The highest BCUT2D eigenvalue weighted by Gasteiger charge is 2.51. The van der Waals surface area contributed by atoms with Crippen molar-refractivity contribution in [2.75, 3.05) is 39.4 Å². The normalized spacial score (nSPS) is 27.1. The monoisotopic (exact) mass is 993 g/mol. The number of carbonyl (C=O) groups excluding carboxylic acids is 2. The Bertz CT molecular complexity index is 1520. The molecule has 0 spiro atoms. The molecule has 2 saturated heterocycles. The van der Waals surface area contributed by atoms with E-state index in [9.17, 15) is 9.59 Å². The largest absolute Gasteiger partial charge is 0.457 e. The van der Waals surface area contributed by atoms with Crippen LogP contribution in [0.3, 0.4) is 0 Å². The molecule has 3 aliphatic rings. The van der Waals surface area contributed by atoms with Crippen molar-refractivity contribution in [1.82, 2.24) is 10.2 Å². The Morgan fingerprint density at radius 1 is 0.881 bits per heavy atom. The highest BCUT2D eigenvalue weighted by atomic mass is 28.4. The summed E-state index contributed by atoms with van der Waals surface area (Å²) in [6.45, 7) is 37.9. The Labute approximate surface area is 413 Å². The van der Waals surface area contributed by atoms with Crippen molar-refractivity contribution in [2.24, 2.45) is 17.8 Å². The third-order valence-electron chi connectivity index (χ3n) is 16.3. The van der Waals surface area contributed by atoms with E-state index >= 15 is 0 Å². The van der Waals surface area contributed by atoms with Gasteiger partial charge in [0, 0.05) is 50.5 Å². The van der Waals surface area contributed by atoms with Crippen LogP contribution in [0.4, 0.5) is 4.79 Å². The first kappa shape index (κ1) is 59.7. The fourth-order valence-electron chi connectivity index (χ4n) is 10.6. The molecule has 14 heteroatoms. The molecule has 1 N–H and O–H groups in total. The molecule has 1 amide bonds. The van der Waals surface area contributed by atoms with Gasteiger partial charge < -0.3 is 37.5 Å². The molecule has 2 fully saturated rings. The molecule has 0 bridgehead atoms. The van der Waals surface area contributed by atoms with Crippen molar-refractivity contribution in [3.8, 4) is 0 Å². The molecule has 0 aromatic carbocycles. The van der Waals surface area contributed by atoms with E-state index in [4.69, 9.17) is 32.2 Å². The van der Waals surface area contributed by atoms with Crippen molar-refractivity contribution in [3.63, 3.8) is 0 Å². The number of amides is 1. The Morgan fingerprint density at radius 2 is 1.48 bits per heavy atom. The minimum atomic E-state index is -2.05. The zero-order chi connectivity index (χ0) is 49.8. The molecule has 0 radical (unpaired) electrons. The molecule has 0 aliphatic carbocycles. The zero-order valence-electron chi connectivity index (χ0n) is 45.3. The van der Waals surface area contributed by atoms with E-state index in [0.29, 0.717) is 18.9 Å². The first-order chi connectivity index (χ1) is 31.9. The number of morpholine rings is 1. The fourth-order valence-corrected chi connectivity index (χ4v) is 19.6. The number of alkyl carbamates (subject to hydrolysis) is 1. The molecule has 388 valence electrons. The van der Waals surface area contributed by atoms with Crippen molar-refractivity contribution in [3.05, 3.63) is 36.0 Å². The quantitative estimate of drug-likeness (QED) is 0.0280. The maximum atomic E-state index is 14.0. The van der Waals surface area contributed by atoms with Gasteiger partial charge in [0.05, 0.1) is 43.5 Å². The zero-order valence-corrected chi connectivity index (χ0v) is 48.3. The predicted octanol–water partition coefficient (Wildman–Crippen LogP) is 12.6. The van der Waals surface area contributed by atoms with Gasteiger partial charge in [0.1, 0.15) is 12.2 Å². The van der Waals surface area contributed by atoms with Crippen LogP contribution in [0, 0.1) is 17.8 Å². The number of rotatable bonds is 27. The van der Waals surface area contributed by atoms with Crippen LogP contribution in [-0.2, 0) is 37.0 Å². The van der Waals surface area contributed by atoms with Gasteiger partial charge in [-0.25, -0.2) is 4.79 Å². The van der Waals surface area contributed by atoms with E-state index in [1.807, 2.05) is 6.08 Å². The average molecular weight is 994 g/mol. The number of esters is 1. The molecule has 0 aromatic rings. The van der Waals surface area contributed by atoms with Crippen LogP contribution < -0.4 is 5.32 Å². The van der Waals surface area contributed by atoms with Gasteiger partial charge in [-0.15, -0.1) is 0 Å². The molecule has 10 unspecified atom stereocenters. The lowest BCUT2D eigenvalue weighted by molar-refractivity contribution is -0.150.